The molecule has 1 aliphatic carbocycles. The maximum absolute atomic E-state index is 13.2. The van der Waals surface area contributed by atoms with Crippen LogP contribution in [0.5, 0.6) is 0 Å². The molecule has 0 bridgehead atoms. The Kier molecular flexibility index (Phi) is 4.01. The summed E-state index contributed by atoms with van der Waals surface area (Å²) < 4.78 is 0. The lowest BCUT2D eigenvalue weighted by Gasteiger charge is -2.27. The average molecular weight is 355 g/mol. The van der Waals surface area contributed by atoms with Crippen LogP contribution in [0.4, 0.5) is 4.79 Å². The Morgan fingerprint density at radius 3 is 2.54 bits per heavy atom. The molecule has 3 aliphatic rings. The van der Waals surface area contributed by atoms with E-state index in [1.165, 1.54) is 11.1 Å². The number of likely N-dealkylation sites (tertiary alicyclic amines) is 1. The number of hydrogen-bond donors (Lipinski definition) is 1. The van der Waals surface area contributed by atoms with Gasteiger partial charge < -0.3 is 10.2 Å². The van der Waals surface area contributed by atoms with Gasteiger partial charge in [0, 0.05) is 13.1 Å². The predicted octanol–water partition coefficient (Wildman–Crippen LogP) is 1.95. The molecule has 4 rings (SSSR count). The Morgan fingerprint density at radius 1 is 1.12 bits per heavy atom. The van der Waals surface area contributed by atoms with E-state index in [1.54, 1.807) is 18.7 Å². The third-order valence-electron chi connectivity index (χ3n) is 6.06. The number of amides is 4. The Balaban J connectivity index is 1.61. The van der Waals surface area contributed by atoms with Gasteiger partial charge in [-0.2, -0.15) is 0 Å². The van der Waals surface area contributed by atoms with E-state index in [0.717, 1.165) is 42.6 Å². The first-order valence-corrected chi connectivity index (χ1v) is 9.49. The summed E-state index contributed by atoms with van der Waals surface area (Å²) in [6.45, 7) is 4.79. The highest BCUT2D eigenvalue weighted by molar-refractivity contribution is 6.10. The van der Waals surface area contributed by atoms with Crippen LogP contribution in [-0.4, -0.2) is 46.8 Å². The van der Waals surface area contributed by atoms with Crippen molar-refractivity contribution in [3.8, 4) is 0 Å². The number of imide groups is 1. The van der Waals surface area contributed by atoms with Crippen molar-refractivity contribution >= 4 is 17.8 Å². The molecular formula is C20H25N3O3. The smallest absolute Gasteiger partial charge is 0.326 e. The predicted molar refractivity (Wildman–Crippen MR) is 96.5 cm³/mol. The maximum atomic E-state index is 13.2. The van der Waals surface area contributed by atoms with E-state index in [2.05, 4.69) is 11.4 Å². The van der Waals surface area contributed by atoms with Crippen LogP contribution in [0.3, 0.4) is 0 Å². The van der Waals surface area contributed by atoms with E-state index in [9.17, 15) is 14.4 Å². The van der Waals surface area contributed by atoms with Crippen molar-refractivity contribution in [1.29, 1.82) is 0 Å². The minimum Gasteiger partial charge on any atom is -0.341 e. The topological polar surface area (TPSA) is 69.7 Å². The summed E-state index contributed by atoms with van der Waals surface area (Å²) in [6.07, 6.45) is 5.16. The second-order valence-electron chi connectivity index (χ2n) is 7.78. The number of hydrogen-bond acceptors (Lipinski definition) is 3. The summed E-state index contributed by atoms with van der Waals surface area (Å²) in [5.41, 5.74) is 2.25. The van der Waals surface area contributed by atoms with E-state index in [4.69, 9.17) is 0 Å². The fourth-order valence-corrected chi connectivity index (χ4v) is 4.40. The van der Waals surface area contributed by atoms with Crippen LogP contribution >= 0.6 is 0 Å². The van der Waals surface area contributed by atoms with Gasteiger partial charge in [0.2, 0.25) is 5.91 Å². The number of nitrogens with zero attached hydrogens (tertiary/aromatic N) is 2. The van der Waals surface area contributed by atoms with Gasteiger partial charge in [-0.3, -0.25) is 9.59 Å². The standard InChI is InChI=1S/C20H25N3O3/c1-13(17(24)22-10-3-4-11-22)23-18(25)20(2,21-19(23)26)16-9-8-14-6-5-7-15(14)12-16/h8-9,12-13H,3-7,10-11H2,1-2H3,(H,21,26)/t13-,20+/m1/s1. The summed E-state index contributed by atoms with van der Waals surface area (Å²) in [4.78, 5) is 41.3. The number of rotatable bonds is 3. The SMILES string of the molecule is C[C@H](C(=O)N1CCCC1)N1C(=O)N[C@@](C)(c2ccc3c(c2)CCC3)C1=O. The Morgan fingerprint density at radius 2 is 1.81 bits per heavy atom. The van der Waals surface area contributed by atoms with Gasteiger partial charge in [0.25, 0.3) is 5.91 Å². The van der Waals surface area contributed by atoms with Crippen LogP contribution in [0.25, 0.3) is 0 Å². The van der Waals surface area contributed by atoms with Crippen LogP contribution in [0.2, 0.25) is 0 Å². The number of urea groups is 1. The molecule has 1 N–H and O–H groups in total. The number of benzene rings is 1. The lowest BCUT2D eigenvalue weighted by atomic mass is 9.89. The molecule has 6 nitrogen and oxygen atoms in total. The summed E-state index contributed by atoms with van der Waals surface area (Å²) in [5, 5.41) is 2.83. The first-order valence-electron chi connectivity index (χ1n) is 9.49. The van der Waals surface area contributed by atoms with Crippen molar-refractivity contribution < 1.29 is 14.4 Å². The van der Waals surface area contributed by atoms with Gasteiger partial charge in [0.1, 0.15) is 11.6 Å². The highest BCUT2D eigenvalue weighted by atomic mass is 16.2. The third-order valence-corrected chi connectivity index (χ3v) is 6.06. The van der Waals surface area contributed by atoms with Crippen LogP contribution in [0.15, 0.2) is 18.2 Å². The zero-order valence-corrected chi connectivity index (χ0v) is 15.4. The zero-order chi connectivity index (χ0) is 18.5. The first-order chi connectivity index (χ1) is 12.4. The van der Waals surface area contributed by atoms with Gasteiger partial charge in [0.05, 0.1) is 0 Å². The fourth-order valence-electron chi connectivity index (χ4n) is 4.40. The Labute approximate surface area is 153 Å². The minimum atomic E-state index is -1.12. The summed E-state index contributed by atoms with van der Waals surface area (Å²) in [6, 6.07) is 4.76. The quantitative estimate of drug-likeness (QED) is 0.843. The zero-order valence-electron chi connectivity index (χ0n) is 15.4. The van der Waals surface area contributed by atoms with Gasteiger partial charge in [0.15, 0.2) is 0 Å². The summed E-state index contributed by atoms with van der Waals surface area (Å²) >= 11 is 0. The molecule has 2 heterocycles. The molecule has 1 aromatic rings. The molecule has 2 saturated heterocycles. The molecule has 2 aliphatic heterocycles. The maximum Gasteiger partial charge on any atom is 0.326 e. The molecule has 1 aromatic carbocycles. The first kappa shape index (κ1) is 17.1. The molecule has 4 amide bonds. The number of carbonyl (C=O) groups is 3. The van der Waals surface area contributed by atoms with E-state index in [0.29, 0.717) is 13.1 Å². The van der Waals surface area contributed by atoms with Gasteiger partial charge in [-0.25, -0.2) is 9.69 Å². The van der Waals surface area contributed by atoms with E-state index in [1.807, 2.05) is 12.1 Å². The van der Waals surface area contributed by atoms with Crippen molar-refractivity contribution in [3.63, 3.8) is 0 Å². The largest absolute Gasteiger partial charge is 0.341 e. The molecule has 26 heavy (non-hydrogen) atoms. The summed E-state index contributed by atoms with van der Waals surface area (Å²) in [5.74, 6) is -0.496. The lowest BCUT2D eigenvalue weighted by Crippen LogP contribution is -2.50. The fraction of sp³-hybridized carbons (Fsp3) is 0.550. The molecule has 0 spiro atoms. The van der Waals surface area contributed by atoms with Crippen LogP contribution < -0.4 is 5.32 Å². The van der Waals surface area contributed by atoms with Crippen molar-refractivity contribution in [2.75, 3.05) is 13.1 Å². The van der Waals surface area contributed by atoms with Crippen LogP contribution in [0.1, 0.15) is 49.8 Å². The Bertz CT molecular complexity index is 785. The highest BCUT2D eigenvalue weighted by Crippen LogP contribution is 2.33. The van der Waals surface area contributed by atoms with Gasteiger partial charge >= 0.3 is 6.03 Å². The molecule has 2 fully saturated rings. The second kappa shape index (κ2) is 6.11. The van der Waals surface area contributed by atoms with Gasteiger partial charge in [-0.15, -0.1) is 0 Å². The monoisotopic (exact) mass is 355 g/mol. The van der Waals surface area contributed by atoms with Crippen molar-refractivity contribution in [2.45, 2.75) is 57.5 Å². The van der Waals surface area contributed by atoms with Gasteiger partial charge in [-0.1, -0.05) is 18.2 Å². The molecule has 0 radical (unpaired) electrons. The van der Waals surface area contributed by atoms with Gasteiger partial charge in [-0.05, 0) is 62.6 Å². The molecule has 0 saturated carbocycles. The van der Waals surface area contributed by atoms with Crippen molar-refractivity contribution in [3.05, 3.63) is 34.9 Å². The number of aryl methyl sites for hydroxylation is 2. The minimum absolute atomic E-state index is 0.149. The van der Waals surface area contributed by atoms with Crippen LogP contribution in [-0.2, 0) is 28.0 Å². The molecule has 6 heteroatoms. The third kappa shape index (κ3) is 2.50. The number of fused-ring (bicyclic) bond motifs is 1. The second-order valence-corrected chi connectivity index (χ2v) is 7.78. The Hall–Kier alpha value is -2.37. The van der Waals surface area contributed by atoms with E-state index >= 15 is 0 Å². The lowest BCUT2D eigenvalue weighted by molar-refractivity contribution is -0.142. The molecular weight excluding hydrogens is 330 g/mol. The van der Waals surface area contributed by atoms with E-state index < -0.39 is 17.6 Å². The summed E-state index contributed by atoms with van der Waals surface area (Å²) in [7, 11) is 0. The van der Waals surface area contributed by atoms with E-state index in [-0.39, 0.29) is 11.8 Å². The van der Waals surface area contributed by atoms with Crippen LogP contribution in [0, 0.1) is 0 Å². The van der Waals surface area contributed by atoms with Crippen molar-refractivity contribution in [2.24, 2.45) is 0 Å². The normalized spacial score (nSPS) is 26.2. The highest BCUT2D eigenvalue weighted by Gasteiger charge is 2.52. The molecule has 138 valence electrons. The number of carbonyl (C=O) groups excluding carboxylic acids is 3. The number of nitrogens with one attached hydrogen (secondary N) is 1. The molecule has 0 aromatic heterocycles. The van der Waals surface area contributed by atoms with Crippen molar-refractivity contribution in [1.82, 2.24) is 15.1 Å². The molecule has 2 atom stereocenters. The molecule has 0 unspecified atom stereocenters. The average Bonchev–Trinajstić information content (AvgIpc) is 3.34.